The van der Waals surface area contributed by atoms with Crippen molar-refractivity contribution in [3.63, 3.8) is 0 Å². The Morgan fingerprint density at radius 2 is 1.42 bits per heavy atom. The first-order valence-electron chi connectivity index (χ1n) is 13.1. The SMILES string of the molecule is O=C(CN1CCN(CCOc2ccc(F)cc2)CC1)N1CCCC(c2ccc(F)cc2)c2ccc(F)cc21. The van der Waals surface area contributed by atoms with Gasteiger partial charge in [-0.05, 0) is 72.5 Å². The molecule has 1 atom stereocenters. The number of nitrogens with zero attached hydrogens (tertiary/aromatic N) is 3. The van der Waals surface area contributed by atoms with Crippen molar-refractivity contribution in [1.82, 2.24) is 9.80 Å². The van der Waals surface area contributed by atoms with Crippen molar-refractivity contribution < 1.29 is 22.7 Å². The number of piperazine rings is 1. The Bertz CT molecular complexity index is 1230. The van der Waals surface area contributed by atoms with E-state index in [9.17, 15) is 18.0 Å². The van der Waals surface area contributed by atoms with Gasteiger partial charge in [-0.25, -0.2) is 13.2 Å². The summed E-state index contributed by atoms with van der Waals surface area (Å²) in [4.78, 5) is 19.6. The van der Waals surface area contributed by atoms with Crippen molar-refractivity contribution in [1.29, 1.82) is 0 Å². The first-order chi connectivity index (χ1) is 18.5. The number of amides is 1. The van der Waals surface area contributed by atoms with Crippen LogP contribution in [0, 0.1) is 17.5 Å². The molecule has 0 aliphatic carbocycles. The normalized spacial score (nSPS) is 18.6. The molecule has 2 aliphatic heterocycles. The molecular weight excluding hydrogens is 491 g/mol. The molecule has 0 saturated carbocycles. The zero-order valence-electron chi connectivity index (χ0n) is 21.3. The lowest BCUT2D eigenvalue weighted by Gasteiger charge is -2.35. The van der Waals surface area contributed by atoms with E-state index in [4.69, 9.17) is 4.74 Å². The zero-order chi connectivity index (χ0) is 26.5. The van der Waals surface area contributed by atoms with Crippen molar-refractivity contribution in [2.24, 2.45) is 0 Å². The zero-order valence-corrected chi connectivity index (χ0v) is 21.3. The first kappa shape index (κ1) is 26.3. The van der Waals surface area contributed by atoms with Gasteiger partial charge in [-0.1, -0.05) is 18.2 Å². The van der Waals surface area contributed by atoms with Crippen molar-refractivity contribution in [2.45, 2.75) is 18.8 Å². The molecule has 38 heavy (non-hydrogen) atoms. The third-order valence-electron chi connectivity index (χ3n) is 7.42. The minimum atomic E-state index is -0.377. The van der Waals surface area contributed by atoms with Crippen LogP contribution in [0.1, 0.15) is 29.9 Å². The highest BCUT2D eigenvalue weighted by molar-refractivity contribution is 5.96. The van der Waals surface area contributed by atoms with E-state index in [1.807, 2.05) is 0 Å². The van der Waals surface area contributed by atoms with Gasteiger partial charge >= 0.3 is 0 Å². The van der Waals surface area contributed by atoms with Crippen molar-refractivity contribution >= 4 is 11.6 Å². The van der Waals surface area contributed by atoms with Gasteiger partial charge in [-0.15, -0.1) is 0 Å². The predicted molar refractivity (Wildman–Crippen MR) is 141 cm³/mol. The molecule has 5 rings (SSSR count). The second-order valence-electron chi connectivity index (χ2n) is 9.92. The number of ether oxygens (including phenoxy) is 1. The van der Waals surface area contributed by atoms with Crippen LogP contribution < -0.4 is 9.64 Å². The largest absolute Gasteiger partial charge is 0.492 e. The monoisotopic (exact) mass is 523 g/mol. The van der Waals surface area contributed by atoms with Gasteiger partial charge in [0.25, 0.3) is 0 Å². The van der Waals surface area contributed by atoms with Crippen molar-refractivity contribution in [3.05, 3.63) is 95.3 Å². The van der Waals surface area contributed by atoms with Gasteiger partial charge in [0, 0.05) is 45.2 Å². The number of anilines is 1. The Balaban J connectivity index is 1.18. The van der Waals surface area contributed by atoms with Crippen LogP contribution in [0.3, 0.4) is 0 Å². The van der Waals surface area contributed by atoms with Crippen LogP contribution in [0.2, 0.25) is 0 Å². The fourth-order valence-electron chi connectivity index (χ4n) is 5.35. The number of halogens is 3. The van der Waals surface area contributed by atoms with Crippen LogP contribution in [-0.2, 0) is 4.79 Å². The lowest BCUT2D eigenvalue weighted by Crippen LogP contribution is -2.51. The summed E-state index contributed by atoms with van der Waals surface area (Å²) in [6.07, 6.45) is 1.57. The summed E-state index contributed by atoms with van der Waals surface area (Å²) >= 11 is 0. The average molecular weight is 524 g/mol. The van der Waals surface area contributed by atoms with Gasteiger partial charge in [0.15, 0.2) is 0 Å². The van der Waals surface area contributed by atoms with E-state index in [1.165, 1.54) is 36.4 Å². The number of carbonyl (C=O) groups excluding carboxylic acids is 1. The van der Waals surface area contributed by atoms with E-state index in [0.29, 0.717) is 24.6 Å². The molecule has 5 nitrogen and oxygen atoms in total. The molecule has 2 heterocycles. The fourth-order valence-corrected chi connectivity index (χ4v) is 5.35. The number of rotatable bonds is 7. The van der Waals surface area contributed by atoms with Gasteiger partial charge in [0.2, 0.25) is 5.91 Å². The minimum Gasteiger partial charge on any atom is -0.492 e. The fraction of sp³-hybridized carbons (Fsp3) is 0.367. The maximum Gasteiger partial charge on any atom is 0.241 e. The van der Waals surface area contributed by atoms with Crippen LogP contribution in [0.5, 0.6) is 5.75 Å². The van der Waals surface area contributed by atoms with Crippen LogP contribution in [0.25, 0.3) is 0 Å². The molecule has 1 unspecified atom stereocenters. The summed E-state index contributed by atoms with van der Waals surface area (Å²) in [7, 11) is 0. The molecule has 1 saturated heterocycles. The van der Waals surface area contributed by atoms with Gasteiger partial charge in [0.1, 0.15) is 29.8 Å². The van der Waals surface area contributed by atoms with Gasteiger partial charge in [-0.2, -0.15) is 0 Å². The van der Waals surface area contributed by atoms with E-state index in [1.54, 1.807) is 35.2 Å². The van der Waals surface area contributed by atoms with Gasteiger partial charge in [-0.3, -0.25) is 14.6 Å². The van der Waals surface area contributed by atoms with Crippen molar-refractivity contribution in [3.8, 4) is 5.75 Å². The second kappa shape index (κ2) is 12.0. The summed E-state index contributed by atoms with van der Waals surface area (Å²) in [5.74, 6) is -0.373. The summed E-state index contributed by atoms with van der Waals surface area (Å²) in [5.41, 5.74) is 2.47. The van der Waals surface area contributed by atoms with Gasteiger partial charge < -0.3 is 9.64 Å². The highest BCUT2D eigenvalue weighted by atomic mass is 19.1. The first-order valence-corrected chi connectivity index (χ1v) is 13.1. The third-order valence-corrected chi connectivity index (χ3v) is 7.42. The van der Waals surface area contributed by atoms with Crippen LogP contribution in [0.15, 0.2) is 66.7 Å². The lowest BCUT2D eigenvalue weighted by molar-refractivity contribution is -0.120. The van der Waals surface area contributed by atoms with E-state index >= 15 is 0 Å². The molecule has 3 aromatic carbocycles. The standard InChI is InChI=1S/C30H32F3N3O2/c31-23-5-3-22(4-6-23)27-2-1-13-36(29-20-25(33)9-12-28(27)29)30(37)21-35-16-14-34(15-17-35)18-19-38-26-10-7-24(32)8-11-26/h3-12,20,27H,1-2,13-19,21H2. The quantitative estimate of drug-likeness (QED) is 0.434. The highest BCUT2D eigenvalue weighted by Gasteiger charge is 2.29. The number of carbonyl (C=O) groups is 1. The molecule has 0 spiro atoms. The molecule has 1 fully saturated rings. The molecule has 3 aromatic rings. The Hall–Kier alpha value is -3.36. The van der Waals surface area contributed by atoms with E-state index < -0.39 is 0 Å². The Morgan fingerprint density at radius 3 is 2.13 bits per heavy atom. The molecule has 0 aromatic heterocycles. The number of benzene rings is 3. The van der Waals surface area contributed by atoms with E-state index in [0.717, 1.165) is 56.7 Å². The second-order valence-corrected chi connectivity index (χ2v) is 9.92. The Morgan fingerprint density at radius 1 is 0.789 bits per heavy atom. The predicted octanol–water partition coefficient (Wildman–Crippen LogP) is 5.06. The van der Waals surface area contributed by atoms with Crippen LogP contribution in [0.4, 0.5) is 18.9 Å². The Labute approximate surface area is 221 Å². The molecular formula is C30H32F3N3O2. The molecule has 2 aliphatic rings. The van der Waals surface area contributed by atoms with E-state index in [2.05, 4.69) is 9.80 Å². The van der Waals surface area contributed by atoms with E-state index in [-0.39, 0.29) is 35.8 Å². The summed E-state index contributed by atoms with van der Waals surface area (Å²) in [6.45, 7) is 5.20. The summed E-state index contributed by atoms with van der Waals surface area (Å²) in [6, 6.07) is 17.1. The summed E-state index contributed by atoms with van der Waals surface area (Å²) < 4.78 is 46.6. The molecule has 200 valence electrons. The number of hydrogen-bond acceptors (Lipinski definition) is 4. The number of fused-ring (bicyclic) bond motifs is 1. The lowest BCUT2D eigenvalue weighted by atomic mass is 9.87. The van der Waals surface area contributed by atoms with Crippen LogP contribution >= 0.6 is 0 Å². The topological polar surface area (TPSA) is 36.0 Å². The maximum atomic E-state index is 14.3. The van der Waals surface area contributed by atoms with Gasteiger partial charge in [0.05, 0.1) is 12.2 Å². The molecule has 0 bridgehead atoms. The highest BCUT2D eigenvalue weighted by Crippen LogP contribution is 2.39. The van der Waals surface area contributed by atoms with Crippen LogP contribution in [-0.4, -0.2) is 68.1 Å². The Kier molecular flexibility index (Phi) is 8.29. The average Bonchev–Trinajstić information content (AvgIpc) is 3.11. The molecule has 1 amide bonds. The molecule has 0 N–H and O–H groups in total. The van der Waals surface area contributed by atoms with Crippen molar-refractivity contribution in [2.75, 3.05) is 57.3 Å². The third kappa shape index (κ3) is 6.37. The maximum absolute atomic E-state index is 14.3. The number of hydrogen-bond donors (Lipinski definition) is 0. The smallest absolute Gasteiger partial charge is 0.241 e. The molecule has 8 heteroatoms. The molecule has 0 radical (unpaired) electrons. The summed E-state index contributed by atoms with van der Waals surface area (Å²) in [5, 5.41) is 0. The minimum absolute atomic E-state index is 0.0235.